The molecule has 0 aromatic heterocycles. The molecule has 0 spiro atoms. The van der Waals surface area contributed by atoms with E-state index in [1.807, 2.05) is 4.90 Å². The molecule has 1 N–H and O–H groups in total. The molecule has 2 fully saturated rings. The van der Waals surface area contributed by atoms with Crippen LogP contribution in [0.25, 0.3) is 0 Å². The lowest BCUT2D eigenvalue weighted by Gasteiger charge is -2.34. The Morgan fingerprint density at radius 3 is 2.56 bits per heavy atom. The van der Waals surface area contributed by atoms with Gasteiger partial charge in [0.1, 0.15) is 0 Å². The Labute approximate surface area is 97.8 Å². The fraction of sp³-hybridized carbons (Fsp3) is 0.923. The van der Waals surface area contributed by atoms with Crippen molar-refractivity contribution in [2.24, 2.45) is 11.8 Å². The summed E-state index contributed by atoms with van der Waals surface area (Å²) in [7, 11) is 0. The summed E-state index contributed by atoms with van der Waals surface area (Å²) < 4.78 is 0. The highest BCUT2D eigenvalue weighted by atomic mass is 16.3. The van der Waals surface area contributed by atoms with Crippen molar-refractivity contribution >= 4 is 5.91 Å². The molecule has 1 unspecified atom stereocenters. The molecule has 16 heavy (non-hydrogen) atoms. The van der Waals surface area contributed by atoms with E-state index >= 15 is 0 Å². The molecule has 0 aromatic carbocycles. The Hall–Kier alpha value is -0.570. The van der Waals surface area contributed by atoms with E-state index in [0.717, 1.165) is 32.4 Å². The number of piperidine rings is 1. The Bertz CT molecular complexity index is 236. The van der Waals surface area contributed by atoms with E-state index in [1.54, 1.807) is 0 Å². The van der Waals surface area contributed by atoms with Crippen molar-refractivity contribution in [2.75, 3.05) is 19.7 Å². The van der Waals surface area contributed by atoms with Crippen LogP contribution in [0.5, 0.6) is 0 Å². The fourth-order valence-corrected chi connectivity index (χ4v) is 2.78. The molecular weight excluding hydrogens is 202 g/mol. The fourth-order valence-electron chi connectivity index (χ4n) is 2.78. The molecule has 2 aliphatic rings. The van der Waals surface area contributed by atoms with E-state index in [4.69, 9.17) is 5.11 Å². The monoisotopic (exact) mass is 225 g/mol. The van der Waals surface area contributed by atoms with Gasteiger partial charge in [0.15, 0.2) is 0 Å². The number of carbonyl (C=O) groups excluding carboxylic acids is 1. The molecule has 1 saturated carbocycles. The van der Waals surface area contributed by atoms with E-state index in [0.29, 0.717) is 17.7 Å². The van der Waals surface area contributed by atoms with Gasteiger partial charge in [-0.25, -0.2) is 0 Å². The van der Waals surface area contributed by atoms with Gasteiger partial charge in [0.05, 0.1) is 0 Å². The Balaban J connectivity index is 1.76. The zero-order chi connectivity index (χ0) is 11.4. The molecule has 0 bridgehead atoms. The molecule has 3 heteroatoms. The van der Waals surface area contributed by atoms with Crippen molar-refractivity contribution in [3.63, 3.8) is 0 Å². The number of aliphatic hydroxyl groups is 1. The second-order valence-electron chi connectivity index (χ2n) is 5.36. The van der Waals surface area contributed by atoms with Gasteiger partial charge in [-0.3, -0.25) is 4.79 Å². The van der Waals surface area contributed by atoms with Crippen LogP contribution >= 0.6 is 0 Å². The normalized spacial score (nSPS) is 26.6. The largest absolute Gasteiger partial charge is 0.396 e. The first-order chi connectivity index (χ1) is 7.79. The molecule has 1 saturated heterocycles. The number of aliphatic hydroxyl groups excluding tert-OH is 1. The topological polar surface area (TPSA) is 40.5 Å². The van der Waals surface area contributed by atoms with Crippen LogP contribution in [0.15, 0.2) is 0 Å². The Morgan fingerprint density at radius 1 is 1.19 bits per heavy atom. The van der Waals surface area contributed by atoms with Gasteiger partial charge in [-0.2, -0.15) is 0 Å². The zero-order valence-corrected chi connectivity index (χ0v) is 10.0. The molecule has 3 nitrogen and oxygen atoms in total. The van der Waals surface area contributed by atoms with Gasteiger partial charge in [0.25, 0.3) is 0 Å². The molecule has 1 atom stereocenters. The maximum atomic E-state index is 12.0. The first kappa shape index (κ1) is 11.9. The molecule has 1 heterocycles. The van der Waals surface area contributed by atoms with Crippen LogP contribution in [0.4, 0.5) is 0 Å². The third kappa shape index (κ3) is 2.97. The minimum Gasteiger partial charge on any atom is -0.396 e. The first-order valence-electron chi connectivity index (χ1n) is 6.68. The van der Waals surface area contributed by atoms with Gasteiger partial charge in [-0.1, -0.05) is 6.42 Å². The second kappa shape index (κ2) is 5.67. The average molecular weight is 225 g/mol. The standard InChI is InChI=1S/C13H23NO2/c15-8-6-12-5-2-7-14(10-12)13(16)9-11-3-1-4-11/h11-12,15H,1-10H2. The van der Waals surface area contributed by atoms with Crippen molar-refractivity contribution in [2.45, 2.75) is 44.9 Å². The summed E-state index contributed by atoms with van der Waals surface area (Å²) in [5, 5.41) is 8.93. The molecule has 92 valence electrons. The number of rotatable bonds is 4. The maximum Gasteiger partial charge on any atom is 0.222 e. The van der Waals surface area contributed by atoms with Crippen LogP contribution in [-0.2, 0) is 4.79 Å². The Kier molecular flexibility index (Phi) is 4.22. The lowest BCUT2D eigenvalue weighted by molar-refractivity contribution is -0.134. The SMILES string of the molecule is O=C(CC1CCC1)N1CCCC(CCO)C1. The van der Waals surface area contributed by atoms with Gasteiger partial charge in [-0.15, -0.1) is 0 Å². The van der Waals surface area contributed by atoms with E-state index in [9.17, 15) is 4.79 Å². The summed E-state index contributed by atoms with van der Waals surface area (Å²) in [6.07, 6.45) is 7.72. The van der Waals surface area contributed by atoms with Gasteiger partial charge in [0, 0.05) is 26.1 Å². The lowest BCUT2D eigenvalue weighted by Crippen LogP contribution is -2.41. The van der Waals surface area contributed by atoms with Crippen LogP contribution in [0.3, 0.4) is 0 Å². The minimum atomic E-state index is 0.259. The Morgan fingerprint density at radius 2 is 1.94 bits per heavy atom. The van der Waals surface area contributed by atoms with Crippen LogP contribution in [0.1, 0.15) is 44.9 Å². The molecule has 1 aliphatic heterocycles. The van der Waals surface area contributed by atoms with E-state index < -0.39 is 0 Å². The van der Waals surface area contributed by atoms with Crippen molar-refractivity contribution in [3.05, 3.63) is 0 Å². The third-order valence-corrected chi connectivity index (χ3v) is 4.10. The summed E-state index contributed by atoms with van der Waals surface area (Å²) in [4.78, 5) is 14.0. The molecule has 2 rings (SSSR count). The number of likely N-dealkylation sites (tertiary alicyclic amines) is 1. The highest BCUT2D eigenvalue weighted by Crippen LogP contribution is 2.30. The number of carbonyl (C=O) groups is 1. The number of hydrogen-bond donors (Lipinski definition) is 1. The average Bonchev–Trinajstić information content (AvgIpc) is 2.24. The lowest BCUT2D eigenvalue weighted by atomic mass is 9.82. The quantitative estimate of drug-likeness (QED) is 0.792. The molecule has 0 radical (unpaired) electrons. The maximum absolute atomic E-state index is 12.0. The van der Waals surface area contributed by atoms with E-state index in [2.05, 4.69) is 0 Å². The first-order valence-corrected chi connectivity index (χ1v) is 6.68. The predicted molar refractivity (Wildman–Crippen MR) is 63.0 cm³/mol. The number of nitrogens with zero attached hydrogens (tertiary/aromatic N) is 1. The van der Waals surface area contributed by atoms with Crippen LogP contribution in [-0.4, -0.2) is 35.6 Å². The van der Waals surface area contributed by atoms with Crippen molar-refractivity contribution in [1.29, 1.82) is 0 Å². The van der Waals surface area contributed by atoms with E-state index in [1.165, 1.54) is 25.7 Å². The highest BCUT2D eigenvalue weighted by molar-refractivity contribution is 5.76. The highest BCUT2D eigenvalue weighted by Gasteiger charge is 2.27. The van der Waals surface area contributed by atoms with Crippen molar-refractivity contribution in [3.8, 4) is 0 Å². The van der Waals surface area contributed by atoms with Gasteiger partial charge >= 0.3 is 0 Å². The number of hydrogen-bond acceptors (Lipinski definition) is 2. The summed E-state index contributed by atoms with van der Waals surface area (Å²) >= 11 is 0. The van der Waals surface area contributed by atoms with Crippen molar-refractivity contribution in [1.82, 2.24) is 4.90 Å². The molecule has 0 aromatic rings. The number of amides is 1. The van der Waals surface area contributed by atoms with Crippen LogP contribution in [0.2, 0.25) is 0 Å². The minimum absolute atomic E-state index is 0.259. The third-order valence-electron chi connectivity index (χ3n) is 4.10. The van der Waals surface area contributed by atoms with Crippen LogP contribution < -0.4 is 0 Å². The van der Waals surface area contributed by atoms with Crippen molar-refractivity contribution < 1.29 is 9.90 Å². The summed E-state index contributed by atoms with van der Waals surface area (Å²) in [6.45, 7) is 2.08. The van der Waals surface area contributed by atoms with E-state index in [-0.39, 0.29) is 6.61 Å². The second-order valence-corrected chi connectivity index (χ2v) is 5.36. The van der Waals surface area contributed by atoms with Gasteiger partial charge in [0.2, 0.25) is 5.91 Å². The molecule has 1 aliphatic carbocycles. The predicted octanol–water partition coefficient (Wildman–Crippen LogP) is 1.80. The van der Waals surface area contributed by atoms with Gasteiger partial charge < -0.3 is 10.0 Å². The van der Waals surface area contributed by atoms with Gasteiger partial charge in [-0.05, 0) is 43.9 Å². The molecule has 1 amide bonds. The summed E-state index contributed by atoms with van der Waals surface area (Å²) in [5.74, 6) is 1.56. The van der Waals surface area contributed by atoms with Crippen LogP contribution in [0, 0.1) is 11.8 Å². The zero-order valence-electron chi connectivity index (χ0n) is 10.0. The summed E-state index contributed by atoms with van der Waals surface area (Å²) in [6, 6.07) is 0. The smallest absolute Gasteiger partial charge is 0.222 e. The molecular formula is C13H23NO2. The summed E-state index contributed by atoms with van der Waals surface area (Å²) in [5.41, 5.74) is 0.